The number of rotatable bonds is 33. The van der Waals surface area contributed by atoms with Crippen LogP contribution < -0.4 is 5.32 Å². The van der Waals surface area contributed by atoms with Gasteiger partial charge < -0.3 is 89.9 Å². The second-order valence-corrected chi connectivity index (χ2v) is 17.9. The van der Waals surface area contributed by atoms with Crippen molar-refractivity contribution in [3.8, 4) is 0 Å². The largest absolute Gasteiger partial charge is 0.394 e. The topological polar surface area (TPSA) is 307 Å². The minimum absolute atomic E-state index is 0.246. The van der Waals surface area contributed by atoms with Crippen LogP contribution in [0.25, 0.3) is 0 Å². The van der Waals surface area contributed by atoms with Gasteiger partial charge in [-0.1, -0.05) is 129 Å². The van der Waals surface area contributed by atoms with Crippen molar-refractivity contribution in [3.63, 3.8) is 0 Å². The Balaban J connectivity index is 1.52. The lowest BCUT2D eigenvalue weighted by Gasteiger charge is -2.48. The number of hydrogen-bond acceptors (Lipinski definition) is 18. The summed E-state index contributed by atoms with van der Waals surface area (Å²) in [6.07, 6.45) is -1.38. The maximum atomic E-state index is 13.1. The molecule has 0 aromatic rings. The Morgan fingerprint density at radius 1 is 0.538 bits per heavy atom. The van der Waals surface area contributed by atoms with E-state index in [2.05, 4.69) is 19.2 Å². The molecule has 0 bridgehead atoms. The third kappa shape index (κ3) is 19.1. The number of aliphatic hydroxyl groups is 11. The fourth-order valence-electron chi connectivity index (χ4n) is 8.42. The van der Waals surface area contributed by atoms with E-state index >= 15 is 0 Å². The summed E-state index contributed by atoms with van der Waals surface area (Å²) in [4.78, 5) is 13.1. The number of carbonyl (C=O) groups excluding carboxylic acids is 1. The fourth-order valence-corrected chi connectivity index (χ4v) is 8.42. The summed E-state index contributed by atoms with van der Waals surface area (Å²) in [7, 11) is 0. The molecule has 17 atom stereocenters. The van der Waals surface area contributed by atoms with Crippen molar-refractivity contribution in [3.05, 3.63) is 12.2 Å². The SMILES string of the molecule is CCCCC/C=C/C(O)C(COC1OC(CO)C(OC2OC(CO)C(OC3OC(CO)C(O)C(O)C3O)C(O)C2O)C(O)C1O)NC(=O)CCCCCCCCCCCCCCCCC. The first kappa shape index (κ1) is 57.8. The Bertz CT molecular complexity index is 1260. The van der Waals surface area contributed by atoms with E-state index in [-0.39, 0.29) is 18.9 Å². The van der Waals surface area contributed by atoms with Gasteiger partial charge in [0.05, 0.1) is 38.6 Å². The maximum Gasteiger partial charge on any atom is 0.220 e. The first-order valence-corrected chi connectivity index (χ1v) is 24.4. The Kier molecular flexibility index (Phi) is 28.8. The summed E-state index contributed by atoms with van der Waals surface area (Å²) in [6.45, 7) is 1.56. The molecular weight excluding hydrogens is 854 g/mol. The second kappa shape index (κ2) is 32.4. The second-order valence-electron chi connectivity index (χ2n) is 17.9. The molecule has 3 rings (SSSR count). The first-order valence-electron chi connectivity index (χ1n) is 24.4. The molecule has 0 saturated carbocycles. The van der Waals surface area contributed by atoms with Crippen LogP contribution in [0.4, 0.5) is 0 Å². The molecule has 3 heterocycles. The monoisotopic (exact) mass is 940 g/mol. The fraction of sp³-hybridized carbons (Fsp3) is 0.935. The number of unbranched alkanes of at least 4 members (excludes halogenated alkanes) is 17. The Hall–Kier alpha value is -1.47. The van der Waals surface area contributed by atoms with Crippen molar-refractivity contribution in [2.45, 2.75) is 247 Å². The molecular formula is C46H85NO18. The van der Waals surface area contributed by atoms with E-state index in [1.165, 1.54) is 70.6 Å². The van der Waals surface area contributed by atoms with Crippen molar-refractivity contribution in [2.75, 3.05) is 26.4 Å². The summed E-state index contributed by atoms with van der Waals surface area (Å²) in [5, 5.41) is 119. The van der Waals surface area contributed by atoms with Crippen LogP contribution in [0, 0.1) is 0 Å². The third-order valence-corrected chi connectivity index (χ3v) is 12.6. The molecule has 0 radical (unpaired) electrons. The molecule has 1 amide bonds. The van der Waals surface area contributed by atoms with Gasteiger partial charge in [-0.25, -0.2) is 0 Å². The van der Waals surface area contributed by atoms with E-state index in [1.54, 1.807) is 6.08 Å². The molecule has 3 aliphatic rings. The molecule has 65 heavy (non-hydrogen) atoms. The van der Waals surface area contributed by atoms with Gasteiger partial charge in [0.1, 0.15) is 73.2 Å². The summed E-state index contributed by atoms with van der Waals surface area (Å²) in [6, 6.07) is -0.961. The normalized spacial score (nSPS) is 34.2. The van der Waals surface area contributed by atoms with E-state index < -0.39 is 124 Å². The van der Waals surface area contributed by atoms with Gasteiger partial charge in [0.15, 0.2) is 18.9 Å². The number of hydrogen-bond donors (Lipinski definition) is 12. The molecule has 3 aliphatic heterocycles. The highest BCUT2D eigenvalue weighted by Crippen LogP contribution is 2.33. The van der Waals surface area contributed by atoms with Gasteiger partial charge in [-0.3, -0.25) is 4.79 Å². The van der Waals surface area contributed by atoms with E-state index in [4.69, 9.17) is 28.4 Å². The molecule has 0 spiro atoms. The zero-order chi connectivity index (χ0) is 47.7. The predicted octanol–water partition coefficient (Wildman–Crippen LogP) is 0.695. The first-order chi connectivity index (χ1) is 31.3. The highest BCUT2D eigenvalue weighted by atomic mass is 16.8. The molecule has 0 aromatic carbocycles. The standard InChI is InChI=1S/C46H85NO18/c1-3-5-7-9-10-11-12-13-14-15-16-17-18-20-22-24-34(52)47-29(30(51)23-21-19-8-6-4-2)28-60-44-40(58)37(55)42(32(26-49)62-44)65-46-41(59)38(56)43(33(27-50)63-46)64-45-39(57)36(54)35(53)31(25-48)61-45/h21,23,29-33,35-46,48-51,53-59H,3-20,22,24-28H2,1-2H3,(H,47,52)/b23-21+. The lowest BCUT2D eigenvalue weighted by molar-refractivity contribution is -0.379. The van der Waals surface area contributed by atoms with Crippen LogP contribution in [0.1, 0.15) is 142 Å². The molecule has 12 N–H and O–H groups in total. The number of carbonyl (C=O) groups is 1. The van der Waals surface area contributed by atoms with Gasteiger partial charge in [-0.2, -0.15) is 0 Å². The van der Waals surface area contributed by atoms with Gasteiger partial charge in [-0.15, -0.1) is 0 Å². The van der Waals surface area contributed by atoms with Crippen LogP contribution >= 0.6 is 0 Å². The molecule has 3 saturated heterocycles. The Morgan fingerprint density at radius 3 is 1.45 bits per heavy atom. The molecule has 0 aliphatic carbocycles. The average molecular weight is 940 g/mol. The van der Waals surface area contributed by atoms with Gasteiger partial charge in [0.2, 0.25) is 5.91 Å². The van der Waals surface area contributed by atoms with E-state index in [0.29, 0.717) is 6.42 Å². The molecule has 19 heteroatoms. The van der Waals surface area contributed by atoms with Crippen molar-refractivity contribution in [1.82, 2.24) is 5.32 Å². The van der Waals surface area contributed by atoms with Gasteiger partial charge in [0, 0.05) is 6.42 Å². The molecule has 382 valence electrons. The predicted molar refractivity (Wildman–Crippen MR) is 236 cm³/mol. The minimum atomic E-state index is -1.97. The number of nitrogens with one attached hydrogen (secondary N) is 1. The lowest BCUT2D eigenvalue weighted by atomic mass is 9.96. The van der Waals surface area contributed by atoms with Crippen LogP contribution in [0.3, 0.4) is 0 Å². The van der Waals surface area contributed by atoms with E-state index in [9.17, 15) is 61.0 Å². The van der Waals surface area contributed by atoms with Crippen molar-refractivity contribution in [1.29, 1.82) is 0 Å². The molecule has 19 nitrogen and oxygen atoms in total. The van der Waals surface area contributed by atoms with Crippen molar-refractivity contribution < 1.29 is 89.4 Å². The summed E-state index contributed by atoms with van der Waals surface area (Å²) in [5.41, 5.74) is 0. The third-order valence-electron chi connectivity index (χ3n) is 12.6. The highest BCUT2D eigenvalue weighted by Gasteiger charge is 2.53. The maximum absolute atomic E-state index is 13.1. The number of ether oxygens (including phenoxy) is 6. The van der Waals surface area contributed by atoms with Gasteiger partial charge in [0.25, 0.3) is 0 Å². The van der Waals surface area contributed by atoms with Crippen LogP contribution in [-0.2, 0) is 33.2 Å². The number of allylic oxidation sites excluding steroid dienone is 1. The molecule has 0 aromatic heterocycles. The minimum Gasteiger partial charge on any atom is -0.394 e. The Labute approximate surface area is 385 Å². The molecule has 3 fully saturated rings. The van der Waals surface area contributed by atoms with E-state index in [1.807, 2.05) is 6.08 Å². The van der Waals surface area contributed by atoms with Gasteiger partial charge >= 0.3 is 0 Å². The van der Waals surface area contributed by atoms with Crippen LogP contribution in [0.5, 0.6) is 0 Å². The summed E-state index contributed by atoms with van der Waals surface area (Å²) >= 11 is 0. The summed E-state index contributed by atoms with van der Waals surface area (Å²) < 4.78 is 33.9. The number of aliphatic hydroxyl groups excluding tert-OH is 11. The Morgan fingerprint density at radius 2 is 0.954 bits per heavy atom. The molecule has 17 unspecified atom stereocenters. The van der Waals surface area contributed by atoms with E-state index in [0.717, 1.165) is 44.9 Å². The van der Waals surface area contributed by atoms with Crippen LogP contribution in [0.15, 0.2) is 12.2 Å². The smallest absolute Gasteiger partial charge is 0.220 e. The number of amides is 1. The highest BCUT2D eigenvalue weighted by molar-refractivity contribution is 5.76. The van der Waals surface area contributed by atoms with Crippen LogP contribution in [0.2, 0.25) is 0 Å². The quantitative estimate of drug-likeness (QED) is 0.0318. The zero-order valence-electron chi connectivity index (χ0n) is 38.7. The summed E-state index contributed by atoms with van der Waals surface area (Å²) in [5.74, 6) is -0.284. The van der Waals surface area contributed by atoms with Crippen molar-refractivity contribution >= 4 is 5.91 Å². The van der Waals surface area contributed by atoms with Crippen molar-refractivity contribution in [2.24, 2.45) is 0 Å². The lowest BCUT2D eigenvalue weighted by Crippen LogP contribution is -2.66. The average Bonchev–Trinajstić information content (AvgIpc) is 3.30. The van der Waals surface area contributed by atoms with Crippen LogP contribution in [-0.4, -0.2) is 193 Å². The zero-order valence-corrected chi connectivity index (χ0v) is 38.7. The van der Waals surface area contributed by atoms with Gasteiger partial charge in [-0.05, 0) is 19.3 Å².